The van der Waals surface area contributed by atoms with Gasteiger partial charge in [-0.1, -0.05) is 12.1 Å². The first-order valence-electron chi connectivity index (χ1n) is 8.29. The van der Waals surface area contributed by atoms with E-state index in [1.54, 1.807) is 29.9 Å². The number of ether oxygens (including phenoxy) is 2. The van der Waals surface area contributed by atoms with Crippen LogP contribution in [0.15, 0.2) is 30.5 Å². The third kappa shape index (κ3) is 3.70. The van der Waals surface area contributed by atoms with Gasteiger partial charge in [-0.05, 0) is 12.1 Å². The first-order valence-corrected chi connectivity index (χ1v) is 8.29. The molecule has 0 saturated carbocycles. The van der Waals surface area contributed by atoms with Gasteiger partial charge in [-0.15, -0.1) is 0 Å². The van der Waals surface area contributed by atoms with Crippen molar-refractivity contribution in [2.75, 3.05) is 26.8 Å². The zero-order valence-corrected chi connectivity index (χ0v) is 14.7. The Morgan fingerprint density at radius 2 is 2.15 bits per heavy atom. The highest BCUT2D eigenvalue weighted by Gasteiger charge is 2.29. The van der Waals surface area contributed by atoms with Crippen molar-refractivity contribution in [2.45, 2.75) is 12.5 Å². The first-order chi connectivity index (χ1) is 12.5. The lowest BCUT2D eigenvalue weighted by Gasteiger charge is -2.32. The molecule has 0 spiro atoms. The van der Waals surface area contributed by atoms with Crippen molar-refractivity contribution in [3.05, 3.63) is 36.0 Å². The summed E-state index contributed by atoms with van der Waals surface area (Å²) >= 11 is 0. The fraction of sp³-hybridized carbons (Fsp3) is 0.389. The number of aliphatic carboxylic acids is 1. The maximum Gasteiger partial charge on any atom is 0.306 e. The average Bonchev–Trinajstić information content (AvgIpc) is 3.02. The summed E-state index contributed by atoms with van der Waals surface area (Å²) in [6.45, 7) is 0.967. The van der Waals surface area contributed by atoms with E-state index in [4.69, 9.17) is 14.6 Å². The molecule has 3 rings (SSSR count). The van der Waals surface area contributed by atoms with Crippen molar-refractivity contribution in [3.8, 4) is 17.0 Å². The summed E-state index contributed by atoms with van der Waals surface area (Å²) < 4.78 is 12.4. The molecule has 0 aliphatic carbocycles. The molecule has 1 atom stereocenters. The second-order valence-electron chi connectivity index (χ2n) is 6.11. The molecule has 1 aromatic heterocycles. The highest BCUT2D eigenvalue weighted by atomic mass is 16.5. The highest BCUT2D eigenvalue weighted by Crippen LogP contribution is 2.31. The minimum absolute atomic E-state index is 0.129. The summed E-state index contributed by atoms with van der Waals surface area (Å²) in [6.07, 6.45) is 1.04. The summed E-state index contributed by atoms with van der Waals surface area (Å²) in [5.41, 5.74) is 1.72. The maximum absolute atomic E-state index is 13.1. The fourth-order valence-corrected chi connectivity index (χ4v) is 3.08. The van der Waals surface area contributed by atoms with Gasteiger partial charge in [-0.2, -0.15) is 5.10 Å². The molecule has 0 unspecified atom stereocenters. The van der Waals surface area contributed by atoms with Crippen LogP contribution in [0.25, 0.3) is 11.3 Å². The van der Waals surface area contributed by atoms with Crippen molar-refractivity contribution in [3.63, 3.8) is 0 Å². The molecule has 0 bridgehead atoms. The van der Waals surface area contributed by atoms with Gasteiger partial charge in [0, 0.05) is 31.9 Å². The van der Waals surface area contributed by atoms with Gasteiger partial charge in [0.25, 0.3) is 5.91 Å². The minimum Gasteiger partial charge on any atom is -0.496 e. The molecule has 138 valence electrons. The van der Waals surface area contributed by atoms with Gasteiger partial charge in [0.15, 0.2) is 0 Å². The topological polar surface area (TPSA) is 93.9 Å². The first kappa shape index (κ1) is 17.9. The van der Waals surface area contributed by atoms with Crippen LogP contribution in [0.5, 0.6) is 5.75 Å². The monoisotopic (exact) mass is 359 g/mol. The number of nitrogens with zero attached hydrogens (tertiary/aromatic N) is 3. The Morgan fingerprint density at radius 1 is 1.38 bits per heavy atom. The lowest BCUT2D eigenvalue weighted by atomic mass is 10.1. The van der Waals surface area contributed by atoms with E-state index in [2.05, 4.69) is 5.10 Å². The Balaban J connectivity index is 1.90. The molecule has 1 aromatic carbocycles. The molecule has 1 N–H and O–H groups in total. The van der Waals surface area contributed by atoms with Crippen LogP contribution in [0.1, 0.15) is 16.8 Å². The van der Waals surface area contributed by atoms with Gasteiger partial charge in [0.05, 0.1) is 31.8 Å². The lowest BCUT2D eigenvalue weighted by molar-refractivity contribution is -0.141. The molecule has 26 heavy (non-hydrogen) atoms. The molecule has 2 aromatic rings. The number of carbonyl (C=O) groups excluding carboxylic acids is 1. The van der Waals surface area contributed by atoms with E-state index in [-0.39, 0.29) is 18.9 Å². The summed E-state index contributed by atoms with van der Waals surface area (Å²) in [4.78, 5) is 25.6. The Hall–Kier alpha value is -2.87. The van der Waals surface area contributed by atoms with Crippen molar-refractivity contribution in [1.29, 1.82) is 0 Å². The van der Waals surface area contributed by atoms with Crippen LogP contribution in [-0.2, 0) is 16.6 Å². The summed E-state index contributed by atoms with van der Waals surface area (Å²) in [5, 5.41) is 13.4. The highest BCUT2D eigenvalue weighted by molar-refractivity contribution is 6.00. The number of aromatic nitrogens is 2. The van der Waals surface area contributed by atoms with Crippen LogP contribution >= 0.6 is 0 Å². The maximum atomic E-state index is 13.1. The van der Waals surface area contributed by atoms with Crippen LogP contribution in [0, 0.1) is 0 Å². The van der Waals surface area contributed by atoms with E-state index < -0.39 is 12.1 Å². The lowest BCUT2D eigenvalue weighted by Crippen LogP contribution is -2.46. The number of amides is 1. The molecule has 0 radical (unpaired) electrons. The normalized spacial score (nSPS) is 17.2. The summed E-state index contributed by atoms with van der Waals surface area (Å²) in [5.74, 6) is -0.510. The van der Waals surface area contributed by atoms with Gasteiger partial charge in [0.1, 0.15) is 11.4 Å². The van der Waals surface area contributed by atoms with Crippen molar-refractivity contribution in [2.24, 2.45) is 7.05 Å². The van der Waals surface area contributed by atoms with Gasteiger partial charge >= 0.3 is 5.97 Å². The number of carboxylic acid groups (broad SMARTS) is 1. The largest absolute Gasteiger partial charge is 0.496 e. The minimum atomic E-state index is -0.944. The number of aryl methyl sites for hydroxylation is 1. The zero-order valence-electron chi connectivity index (χ0n) is 14.7. The number of hydrogen-bond donors (Lipinski definition) is 1. The smallest absolute Gasteiger partial charge is 0.306 e. The number of carboxylic acids is 1. The molecule has 2 heterocycles. The predicted octanol–water partition coefficient (Wildman–Crippen LogP) is 1.41. The summed E-state index contributed by atoms with van der Waals surface area (Å²) in [7, 11) is 3.32. The predicted molar refractivity (Wildman–Crippen MR) is 93.1 cm³/mol. The Labute approximate surface area is 150 Å². The molecule has 1 saturated heterocycles. The van der Waals surface area contributed by atoms with Crippen LogP contribution in [0.3, 0.4) is 0 Å². The van der Waals surface area contributed by atoms with Crippen LogP contribution in [0.4, 0.5) is 0 Å². The van der Waals surface area contributed by atoms with Crippen LogP contribution < -0.4 is 4.74 Å². The molecule has 1 fully saturated rings. The average molecular weight is 359 g/mol. The van der Waals surface area contributed by atoms with Crippen molar-refractivity contribution in [1.82, 2.24) is 14.7 Å². The zero-order chi connectivity index (χ0) is 18.7. The Morgan fingerprint density at radius 3 is 2.88 bits per heavy atom. The van der Waals surface area contributed by atoms with Crippen LogP contribution in [-0.4, -0.2) is 64.6 Å². The third-order valence-electron chi connectivity index (χ3n) is 4.25. The van der Waals surface area contributed by atoms with Gasteiger partial charge < -0.3 is 19.5 Å². The van der Waals surface area contributed by atoms with Crippen LogP contribution in [0.2, 0.25) is 0 Å². The third-order valence-corrected chi connectivity index (χ3v) is 4.25. The second-order valence-corrected chi connectivity index (χ2v) is 6.11. The number of morpholine rings is 1. The number of hydrogen-bond acceptors (Lipinski definition) is 5. The fourth-order valence-electron chi connectivity index (χ4n) is 3.08. The van der Waals surface area contributed by atoms with Gasteiger partial charge in [-0.3, -0.25) is 14.3 Å². The molecule has 8 nitrogen and oxygen atoms in total. The second kappa shape index (κ2) is 7.57. The summed E-state index contributed by atoms with van der Waals surface area (Å²) in [6, 6.07) is 7.38. The number of rotatable bonds is 5. The molecule has 8 heteroatoms. The number of benzene rings is 1. The van der Waals surface area contributed by atoms with E-state index >= 15 is 0 Å². The number of methoxy groups -OCH3 is 1. The van der Waals surface area contributed by atoms with E-state index in [9.17, 15) is 9.59 Å². The van der Waals surface area contributed by atoms with E-state index in [1.165, 1.54) is 0 Å². The number of para-hydroxylation sites is 1. The van der Waals surface area contributed by atoms with Gasteiger partial charge in [-0.25, -0.2) is 0 Å². The molecule has 1 aliphatic rings. The molecular formula is C18H21N3O5. The number of carbonyl (C=O) groups is 2. The Bertz CT molecular complexity index is 817. The molecule has 1 amide bonds. The molecule has 1 aliphatic heterocycles. The standard InChI is InChI=1S/C18H21N3O5/c1-20-11-14(17(19-20)13-5-3-4-6-15(13)25-2)18(24)21-7-8-26-12(10-21)9-16(22)23/h3-6,11-12H,7-10H2,1-2H3,(H,22,23)/t12-/m1/s1. The SMILES string of the molecule is COc1ccccc1-c1nn(C)cc1C(=O)N1CCO[C@H](CC(=O)O)C1. The van der Waals surface area contributed by atoms with E-state index in [0.717, 1.165) is 5.56 Å². The quantitative estimate of drug-likeness (QED) is 0.868. The van der Waals surface area contributed by atoms with E-state index in [1.807, 2.05) is 24.3 Å². The molecular weight excluding hydrogens is 338 g/mol. The van der Waals surface area contributed by atoms with E-state index in [0.29, 0.717) is 30.2 Å². The van der Waals surface area contributed by atoms with Gasteiger partial charge in [0.2, 0.25) is 0 Å². The van der Waals surface area contributed by atoms with Crippen molar-refractivity contribution >= 4 is 11.9 Å². The van der Waals surface area contributed by atoms with Crippen molar-refractivity contribution < 1.29 is 24.2 Å². The Kier molecular flexibility index (Phi) is 5.22.